The fraction of sp³-hybridized carbons (Fsp3) is 0.200. The summed E-state index contributed by atoms with van der Waals surface area (Å²) in [4.78, 5) is 9.55. The molecule has 2 rings (SSSR count). The third kappa shape index (κ3) is 2.09. The van der Waals surface area contributed by atoms with Crippen molar-refractivity contribution in [3.63, 3.8) is 0 Å². The van der Waals surface area contributed by atoms with Crippen LogP contribution in [0.15, 0.2) is 30.7 Å². The van der Waals surface area contributed by atoms with Crippen LogP contribution in [0.1, 0.15) is 10.4 Å². The topological polar surface area (TPSA) is 37.8 Å². The molecule has 0 radical (unpaired) electrons. The maximum atomic E-state index is 4.22. The van der Waals surface area contributed by atoms with E-state index in [0.717, 1.165) is 11.6 Å². The van der Waals surface area contributed by atoms with Gasteiger partial charge in [0.25, 0.3) is 0 Å². The second-order valence-electron chi connectivity index (χ2n) is 2.92. The number of aromatic nitrogens is 2. The molecule has 0 spiro atoms. The highest BCUT2D eigenvalue weighted by Gasteiger charge is 2.00. The first kappa shape index (κ1) is 9.15. The maximum absolute atomic E-state index is 4.22. The van der Waals surface area contributed by atoms with Gasteiger partial charge in [-0.25, -0.2) is 4.98 Å². The minimum Gasteiger partial charge on any atom is -0.365 e. The Bertz CT molecular complexity index is 397. The van der Waals surface area contributed by atoms with Crippen LogP contribution >= 0.6 is 11.3 Å². The van der Waals surface area contributed by atoms with Crippen molar-refractivity contribution in [1.29, 1.82) is 0 Å². The van der Waals surface area contributed by atoms with Crippen molar-refractivity contribution in [2.45, 2.75) is 6.42 Å². The predicted octanol–water partition coefficient (Wildman–Crippen LogP) is 2.17. The summed E-state index contributed by atoms with van der Waals surface area (Å²) in [6.07, 6.45) is 6.49. The average molecular weight is 205 g/mol. The minimum atomic E-state index is 0.910. The number of rotatable bonds is 3. The third-order valence-electron chi connectivity index (χ3n) is 1.87. The summed E-state index contributed by atoms with van der Waals surface area (Å²) < 4.78 is 0. The van der Waals surface area contributed by atoms with E-state index in [0.29, 0.717) is 0 Å². The molecular formula is C10H11N3S. The van der Waals surface area contributed by atoms with Gasteiger partial charge >= 0.3 is 0 Å². The molecule has 0 unspecified atom stereocenters. The minimum absolute atomic E-state index is 0.910. The largest absolute Gasteiger partial charge is 0.365 e. The zero-order valence-corrected chi connectivity index (χ0v) is 8.71. The first-order valence-corrected chi connectivity index (χ1v) is 5.21. The van der Waals surface area contributed by atoms with Crippen molar-refractivity contribution in [3.8, 4) is 0 Å². The molecule has 0 atom stereocenters. The molecule has 0 bridgehead atoms. The summed E-state index contributed by atoms with van der Waals surface area (Å²) in [6.45, 7) is 0. The van der Waals surface area contributed by atoms with Crippen LogP contribution in [0, 0.1) is 0 Å². The zero-order valence-electron chi connectivity index (χ0n) is 7.90. The number of hydrogen-bond acceptors (Lipinski definition) is 4. The average Bonchev–Trinajstić information content (AvgIpc) is 2.67. The second-order valence-corrected chi connectivity index (χ2v) is 4.03. The Kier molecular flexibility index (Phi) is 2.74. The zero-order chi connectivity index (χ0) is 9.80. The summed E-state index contributed by atoms with van der Waals surface area (Å²) in [7, 11) is 1.88. The highest BCUT2D eigenvalue weighted by atomic mass is 32.1. The van der Waals surface area contributed by atoms with Crippen LogP contribution in [0.4, 0.5) is 5.13 Å². The van der Waals surface area contributed by atoms with Crippen molar-refractivity contribution < 1.29 is 0 Å². The first-order valence-electron chi connectivity index (χ1n) is 4.40. The summed E-state index contributed by atoms with van der Waals surface area (Å²) >= 11 is 1.68. The monoisotopic (exact) mass is 205 g/mol. The molecule has 4 heteroatoms. The lowest BCUT2D eigenvalue weighted by molar-refractivity contribution is 1.16. The van der Waals surface area contributed by atoms with Gasteiger partial charge in [0.05, 0.1) is 0 Å². The van der Waals surface area contributed by atoms with Crippen LogP contribution in [0.3, 0.4) is 0 Å². The molecule has 0 aliphatic heterocycles. The summed E-state index contributed by atoms with van der Waals surface area (Å²) in [5.41, 5.74) is 1.22. The quantitative estimate of drug-likeness (QED) is 0.834. The highest BCUT2D eigenvalue weighted by molar-refractivity contribution is 7.15. The lowest BCUT2D eigenvalue weighted by Crippen LogP contribution is -1.84. The first-order chi connectivity index (χ1) is 6.88. The van der Waals surface area contributed by atoms with Crippen LogP contribution in [-0.2, 0) is 6.42 Å². The van der Waals surface area contributed by atoms with Gasteiger partial charge in [-0.2, -0.15) is 0 Å². The van der Waals surface area contributed by atoms with E-state index in [1.807, 2.05) is 25.5 Å². The standard InChI is InChI=1S/C10H11N3S/c1-11-10-13-7-9(14-10)5-8-3-2-4-12-6-8/h2-4,6-7H,5H2,1H3,(H,11,13). The van der Waals surface area contributed by atoms with Crippen LogP contribution in [0.5, 0.6) is 0 Å². The molecule has 0 fully saturated rings. The Morgan fingerprint density at radius 2 is 2.36 bits per heavy atom. The number of anilines is 1. The van der Waals surface area contributed by atoms with Gasteiger partial charge in [0.1, 0.15) is 0 Å². The molecule has 2 aromatic rings. The molecule has 1 N–H and O–H groups in total. The van der Waals surface area contributed by atoms with E-state index in [1.54, 1.807) is 17.5 Å². The number of pyridine rings is 1. The van der Waals surface area contributed by atoms with E-state index < -0.39 is 0 Å². The lowest BCUT2D eigenvalue weighted by atomic mass is 10.2. The van der Waals surface area contributed by atoms with Crippen molar-refractivity contribution >= 4 is 16.5 Å². The predicted molar refractivity (Wildman–Crippen MR) is 58.7 cm³/mol. The van der Waals surface area contributed by atoms with Crippen LogP contribution < -0.4 is 5.32 Å². The molecule has 0 saturated carbocycles. The summed E-state index contributed by atoms with van der Waals surface area (Å²) in [6, 6.07) is 4.03. The lowest BCUT2D eigenvalue weighted by Gasteiger charge is -1.95. The van der Waals surface area contributed by atoms with Gasteiger partial charge in [-0.15, -0.1) is 11.3 Å². The third-order valence-corrected chi connectivity index (χ3v) is 2.88. The number of hydrogen-bond donors (Lipinski definition) is 1. The van der Waals surface area contributed by atoms with Gasteiger partial charge in [-0.1, -0.05) is 6.07 Å². The van der Waals surface area contributed by atoms with E-state index in [9.17, 15) is 0 Å². The van der Waals surface area contributed by atoms with Crippen LogP contribution in [0.2, 0.25) is 0 Å². The number of nitrogens with one attached hydrogen (secondary N) is 1. The van der Waals surface area contributed by atoms with Gasteiger partial charge in [-0.3, -0.25) is 4.98 Å². The number of nitrogens with zero attached hydrogens (tertiary/aromatic N) is 2. The maximum Gasteiger partial charge on any atom is 0.182 e. The molecule has 2 aromatic heterocycles. The molecule has 72 valence electrons. The molecule has 0 amide bonds. The Morgan fingerprint density at radius 3 is 3.00 bits per heavy atom. The van der Waals surface area contributed by atoms with Gasteiger partial charge < -0.3 is 5.32 Å². The van der Waals surface area contributed by atoms with Gasteiger partial charge in [-0.05, 0) is 11.6 Å². The molecule has 0 aliphatic carbocycles. The van der Waals surface area contributed by atoms with Gasteiger partial charge in [0.15, 0.2) is 5.13 Å². The molecule has 0 aromatic carbocycles. The van der Waals surface area contributed by atoms with E-state index in [2.05, 4.69) is 21.4 Å². The SMILES string of the molecule is CNc1ncc(Cc2cccnc2)s1. The van der Waals surface area contributed by atoms with Crippen molar-refractivity contribution in [2.24, 2.45) is 0 Å². The normalized spacial score (nSPS) is 10.1. The van der Waals surface area contributed by atoms with Crippen LogP contribution in [-0.4, -0.2) is 17.0 Å². The molecule has 3 nitrogen and oxygen atoms in total. The fourth-order valence-corrected chi connectivity index (χ4v) is 2.01. The van der Waals surface area contributed by atoms with Crippen LogP contribution in [0.25, 0.3) is 0 Å². The van der Waals surface area contributed by atoms with Gasteiger partial charge in [0.2, 0.25) is 0 Å². The van der Waals surface area contributed by atoms with Gasteiger partial charge in [0, 0.05) is 36.9 Å². The van der Waals surface area contributed by atoms with E-state index in [1.165, 1.54) is 10.4 Å². The summed E-state index contributed by atoms with van der Waals surface area (Å²) in [5.74, 6) is 0. The summed E-state index contributed by atoms with van der Waals surface area (Å²) in [5, 5.41) is 3.99. The van der Waals surface area contributed by atoms with Crippen molar-refractivity contribution in [1.82, 2.24) is 9.97 Å². The van der Waals surface area contributed by atoms with E-state index in [-0.39, 0.29) is 0 Å². The molecule has 0 saturated heterocycles. The Balaban J connectivity index is 2.11. The second kappa shape index (κ2) is 4.19. The highest BCUT2D eigenvalue weighted by Crippen LogP contribution is 2.19. The Labute approximate surface area is 86.8 Å². The number of thiazole rings is 1. The molecular weight excluding hydrogens is 194 g/mol. The smallest absolute Gasteiger partial charge is 0.182 e. The Hall–Kier alpha value is -1.42. The fourth-order valence-electron chi connectivity index (χ4n) is 1.21. The van der Waals surface area contributed by atoms with Crippen molar-refractivity contribution in [2.75, 3.05) is 12.4 Å². The molecule has 14 heavy (non-hydrogen) atoms. The molecule has 2 heterocycles. The van der Waals surface area contributed by atoms with E-state index in [4.69, 9.17) is 0 Å². The Morgan fingerprint density at radius 1 is 1.43 bits per heavy atom. The van der Waals surface area contributed by atoms with E-state index >= 15 is 0 Å². The molecule has 0 aliphatic rings. The van der Waals surface area contributed by atoms with Crippen molar-refractivity contribution in [3.05, 3.63) is 41.2 Å².